The molecule has 5 nitrogen and oxygen atoms in total. The molecule has 2 amide bonds. The Morgan fingerprint density at radius 2 is 1.45 bits per heavy atom. The standard InChI is InChI=1S/C22H18Cl2N2O3/c23-19-3-1-2-14(20(19)24)12-13-26-22(28)16-6-10-18(11-7-16)29-17-8-4-15(5-9-17)21(25)27/h1-11H,12-13H2,(H2,25,27)(H,26,28). The van der Waals surface area contributed by atoms with Crippen LogP contribution in [0.4, 0.5) is 0 Å². The first kappa shape index (κ1) is 20.7. The second-order valence-electron chi connectivity index (χ2n) is 6.23. The van der Waals surface area contributed by atoms with E-state index in [0.717, 1.165) is 5.56 Å². The second kappa shape index (κ2) is 9.45. The molecule has 0 bridgehead atoms. The summed E-state index contributed by atoms with van der Waals surface area (Å²) in [5.74, 6) is 0.440. The number of hydrogen-bond acceptors (Lipinski definition) is 3. The fourth-order valence-electron chi connectivity index (χ4n) is 2.65. The highest BCUT2D eigenvalue weighted by Gasteiger charge is 2.08. The van der Waals surface area contributed by atoms with Gasteiger partial charge in [0.15, 0.2) is 0 Å². The zero-order chi connectivity index (χ0) is 20.8. The number of hydrogen-bond donors (Lipinski definition) is 2. The Hall–Kier alpha value is -3.02. The SMILES string of the molecule is NC(=O)c1ccc(Oc2ccc(C(=O)NCCc3cccc(Cl)c3Cl)cc2)cc1. The Kier molecular flexibility index (Phi) is 6.75. The quantitative estimate of drug-likeness (QED) is 0.563. The van der Waals surface area contributed by atoms with Crippen LogP contribution in [-0.4, -0.2) is 18.4 Å². The molecule has 7 heteroatoms. The number of carbonyl (C=O) groups is 2. The summed E-state index contributed by atoms with van der Waals surface area (Å²) in [5.41, 5.74) is 7.01. The van der Waals surface area contributed by atoms with Gasteiger partial charge in [-0.25, -0.2) is 0 Å². The van der Waals surface area contributed by atoms with Gasteiger partial charge in [-0.15, -0.1) is 0 Å². The van der Waals surface area contributed by atoms with Gasteiger partial charge in [0.25, 0.3) is 5.91 Å². The maximum Gasteiger partial charge on any atom is 0.251 e. The fraction of sp³-hybridized carbons (Fsp3) is 0.0909. The van der Waals surface area contributed by atoms with Crippen molar-refractivity contribution >= 4 is 35.0 Å². The van der Waals surface area contributed by atoms with E-state index in [1.54, 1.807) is 54.6 Å². The molecular formula is C22H18Cl2N2O3. The minimum atomic E-state index is -0.496. The number of ether oxygens (including phenoxy) is 1. The average molecular weight is 429 g/mol. The molecule has 0 aromatic heterocycles. The monoisotopic (exact) mass is 428 g/mol. The Bertz CT molecular complexity index is 1020. The van der Waals surface area contributed by atoms with E-state index in [2.05, 4.69) is 5.32 Å². The van der Waals surface area contributed by atoms with E-state index in [-0.39, 0.29) is 5.91 Å². The summed E-state index contributed by atoms with van der Waals surface area (Å²) in [6, 6.07) is 18.7. The molecule has 0 radical (unpaired) electrons. The van der Waals surface area contributed by atoms with E-state index in [4.69, 9.17) is 33.7 Å². The predicted molar refractivity (Wildman–Crippen MR) is 114 cm³/mol. The third-order valence-electron chi connectivity index (χ3n) is 4.20. The van der Waals surface area contributed by atoms with Gasteiger partial charge in [-0.2, -0.15) is 0 Å². The third kappa shape index (κ3) is 5.50. The maximum absolute atomic E-state index is 12.3. The Balaban J connectivity index is 1.54. The van der Waals surface area contributed by atoms with Gasteiger partial charge in [-0.1, -0.05) is 35.3 Å². The summed E-state index contributed by atoms with van der Waals surface area (Å²) in [7, 11) is 0. The van der Waals surface area contributed by atoms with Gasteiger partial charge in [0.05, 0.1) is 10.0 Å². The van der Waals surface area contributed by atoms with Crippen molar-refractivity contribution in [1.29, 1.82) is 0 Å². The highest BCUT2D eigenvalue weighted by atomic mass is 35.5. The summed E-state index contributed by atoms with van der Waals surface area (Å²) in [6.07, 6.45) is 0.577. The molecule has 3 aromatic carbocycles. The normalized spacial score (nSPS) is 10.4. The van der Waals surface area contributed by atoms with Crippen LogP contribution in [0, 0.1) is 0 Å². The van der Waals surface area contributed by atoms with E-state index in [1.807, 2.05) is 12.1 Å². The van der Waals surface area contributed by atoms with Crippen molar-refractivity contribution in [2.45, 2.75) is 6.42 Å². The Morgan fingerprint density at radius 1 is 0.862 bits per heavy atom. The summed E-state index contributed by atoms with van der Waals surface area (Å²) in [6.45, 7) is 0.434. The van der Waals surface area contributed by atoms with E-state index >= 15 is 0 Å². The number of primary amides is 1. The van der Waals surface area contributed by atoms with Crippen molar-refractivity contribution in [3.8, 4) is 11.5 Å². The van der Waals surface area contributed by atoms with Crippen molar-refractivity contribution in [1.82, 2.24) is 5.32 Å². The first-order valence-electron chi connectivity index (χ1n) is 8.83. The van der Waals surface area contributed by atoms with Crippen LogP contribution in [0.2, 0.25) is 10.0 Å². The zero-order valence-electron chi connectivity index (χ0n) is 15.3. The molecule has 0 heterocycles. The first-order valence-corrected chi connectivity index (χ1v) is 9.58. The first-order chi connectivity index (χ1) is 13.9. The second-order valence-corrected chi connectivity index (χ2v) is 7.02. The van der Waals surface area contributed by atoms with Crippen molar-refractivity contribution in [3.05, 3.63) is 93.5 Å². The lowest BCUT2D eigenvalue weighted by Crippen LogP contribution is -2.25. The minimum Gasteiger partial charge on any atom is -0.457 e. The minimum absolute atomic E-state index is 0.194. The van der Waals surface area contributed by atoms with Crippen LogP contribution in [0.3, 0.4) is 0 Å². The van der Waals surface area contributed by atoms with Gasteiger partial charge in [0.2, 0.25) is 5.91 Å². The van der Waals surface area contributed by atoms with Crippen molar-refractivity contribution in [2.24, 2.45) is 5.73 Å². The molecule has 29 heavy (non-hydrogen) atoms. The molecule has 3 N–H and O–H groups in total. The Morgan fingerprint density at radius 3 is 2.03 bits per heavy atom. The van der Waals surface area contributed by atoms with Crippen LogP contribution in [0.5, 0.6) is 11.5 Å². The van der Waals surface area contributed by atoms with E-state index < -0.39 is 5.91 Å². The summed E-state index contributed by atoms with van der Waals surface area (Å²) >= 11 is 12.1. The van der Waals surface area contributed by atoms with Crippen LogP contribution in [0.25, 0.3) is 0 Å². The zero-order valence-corrected chi connectivity index (χ0v) is 16.8. The number of nitrogens with one attached hydrogen (secondary N) is 1. The van der Waals surface area contributed by atoms with E-state index in [0.29, 0.717) is 45.6 Å². The average Bonchev–Trinajstić information content (AvgIpc) is 2.72. The van der Waals surface area contributed by atoms with Gasteiger partial charge in [-0.05, 0) is 66.6 Å². The van der Waals surface area contributed by atoms with Crippen LogP contribution in [-0.2, 0) is 6.42 Å². The van der Waals surface area contributed by atoms with E-state index in [1.165, 1.54) is 0 Å². The molecule has 0 fully saturated rings. The van der Waals surface area contributed by atoms with E-state index in [9.17, 15) is 9.59 Å². The molecule has 0 unspecified atom stereocenters. The highest BCUT2D eigenvalue weighted by molar-refractivity contribution is 6.42. The molecule has 0 spiro atoms. The lowest BCUT2D eigenvalue weighted by atomic mass is 10.1. The van der Waals surface area contributed by atoms with Crippen LogP contribution < -0.4 is 15.8 Å². The molecule has 3 rings (SSSR count). The number of rotatable bonds is 7. The molecule has 148 valence electrons. The molecule has 0 aliphatic rings. The van der Waals surface area contributed by atoms with Crippen molar-refractivity contribution in [2.75, 3.05) is 6.54 Å². The molecular weight excluding hydrogens is 411 g/mol. The van der Waals surface area contributed by atoms with Crippen LogP contribution in [0.1, 0.15) is 26.3 Å². The largest absolute Gasteiger partial charge is 0.457 e. The molecule has 0 aliphatic carbocycles. The number of nitrogens with two attached hydrogens (primary N) is 1. The summed E-state index contributed by atoms with van der Waals surface area (Å²) in [5, 5.41) is 3.86. The smallest absolute Gasteiger partial charge is 0.251 e. The van der Waals surface area contributed by atoms with Gasteiger partial charge >= 0.3 is 0 Å². The van der Waals surface area contributed by atoms with Crippen LogP contribution in [0.15, 0.2) is 66.7 Å². The molecule has 3 aromatic rings. The fourth-order valence-corrected chi connectivity index (χ4v) is 3.07. The Labute approximate surface area is 178 Å². The maximum atomic E-state index is 12.3. The van der Waals surface area contributed by atoms with Gasteiger partial charge < -0.3 is 15.8 Å². The predicted octanol–water partition coefficient (Wildman–Crippen LogP) is 4.86. The van der Waals surface area contributed by atoms with Gasteiger partial charge in [0, 0.05) is 17.7 Å². The van der Waals surface area contributed by atoms with Crippen molar-refractivity contribution in [3.63, 3.8) is 0 Å². The van der Waals surface area contributed by atoms with Crippen molar-refractivity contribution < 1.29 is 14.3 Å². The topological polar surface area (TPSA) is 81.4 Å². The molecule has 0 aliphatic heterocycles. The third-order valence-corrected chi connectivity index (χ3v) is 5.06. The summed E-state index contributed by atoms with van der Waals surface area (Å²) < 4.78 is 5.70. The number of amides is 2. The molecule has 0 atom stereocenters. The highest BCUT2D eigenvalue weighted by Crippen LogP contribution is 2.25. The number of halogens is 2. The van der Waals surface area contributed by atoms with Gasteiger partial charge in [0.1, 0.15) is 11.5 Å². The van der Waals surface area contributed by atoms with Crippen LogP contribution >= 0.6 is 23.2 Å². The number of benzene rings is 3. The molecule has 0 saturated heterocycles. The lowest BCUT2D eigenvalue weighted by Gasteiger charge is -2.09. The van der Waals surface area contributed by atoms with Gasteiger partial charge in [-0.3, -0.25) is 9.59 Å². The number of carbonyl (C=O) groups excluding carboxylic acids is 2. The lowest BCUT2D eigenvalue weighted by molar-refractivity contribution is 0.0952. The molecule has 0 saturated carbocycles. The summed E-state index contributed by atoms with van der Waals surface area (Å²) in [4.78, 5) is 23.4.